The van der Waals surface area contributed by atoms with Crippen molar-refractivity contribution in [3.05, 3.63) is 53.1 Å². The van der Waals surface area contributed by atoms with E-state index in [0.717, 1.165) is 29.2 Å². The van der Waals surface area contributed by atoms with E-state index in [0.29, 0.717) is 0 Å². The van der Waals surface area contributed by atoms with Crippen molar-refractivity contribution >= 4 is 11.4 Å². The van der Waals surface area contributed by atoms with Gasteiger partial charge in [0.15, 0.2) is 0 Å². The number of benzene rings is 2. The minimum absolute atomic E-state index is 0.727. The van der Waals surface area contributed by atoms with Gasteiger partial charge >= 0.3 is 0 Å². The molecule has 0 saturated heterocycles. The molecular formula is C16H20N2O. The van der Waals surface area contributed by atoms with Crippen LogP contribution in [0.5, 0.6) is 5.75 Å². The molecule has 2 aromatic rings. The molecule has 2 rings (SSSR count). The summed E-state index contributed by atoms with van der Waals surface area (Å²) in [6.07, 6.45) is 0. The van der Waals surface area contributed by atoms with Crippen molar-refractivity contribution in [2.45, 2.75) is 20.4 Å². The van der Waals surface area contributed by atoms with Gasteiger partial charge in [0.05, 0.1) is 12.8 Å². The Balaban J connectivity index is 2.19. The van der Waals surface area contributed by atoms with Crippen LogP contribution in [0.25, 0.3) is 0 Å². The number of nitrogens with one attached hydrogen (secondary N) is 1. The van der Waals surface area contributed by atoms with Gasteiger partial charge in [0.1, 0.15) is 5.75 Å². The number of rotatable bonds is 4. The predicted molar refractivity (Wildman–Crippen MR) is 80.6 cm³/mol. The van der Waals surface area contributed by atoms with Crippen LogP contribution in [0.3, 0.4) is 0 Å². The molecular weight excluding hydrogens is 236 g/mol. The average molecular weight is 256 g/mol. The van der Waals surface area contributed by atoms with Gasteiger partial charge in [-0.2, -0.15) is 0 Å². The summed E-state index contributed by atoms with van der Waals surface area (Å²) in [5.41, 5.74) is 11.1. The Hall–Kier alpha value is -2.16. The second-order valence-corrected chi connectivity index (χ2v) is 4.76. The molecule has 100 valence electrons. The number of ether oxygens (including phenoxy) is 1. The molecule has 0 amide bonds. The Morgan fingerprint density at radius 1 is 1.16 bits per heavy atom. The minimum Gasteiger partial charge on any atom is -0.495 e. The number of aryl methyl sites for hydroxylation is 2. The summed E-state index contributed by atoms with van der Waals surface area (Å²) in [7, 11) is 1.69. The van der Waals surface area contributed by atoms with Crippen LogP contribution >= 0.6 is 0 Å². The topological polar surface area (TPSA) is 47.3 Å². The third-order valence-electron chi connectivity index (χ3n) is 3.08. The van der Waals surface area contributed by atoms with Crippen molar-refractivity contribution in [2.75, 3.05) is 18.2 Å². The minimum atomic E-state index is 0.727. The molecule has 0 fully saturated rings. The lowest BCUT2D eigenvalue weighted by molar-refractivity contribution is 0.416. The number of anilines is 2. The van der Waals surface area contributed by atoms with E-state index in [1.165, 1.54) is 11.1 Å². The first kappa shape index (κ1) is 13.3. The van der Waals surface area contributed by atoms with Gasteiger partial charge in [-0.05, 0) is 48.7 Å². The standard InChI is InChI=1S/C16H20N2O/c1-11-7-12(2)16(15(8-11)19-3)18-10-13-5-4-6-14(17)9-13/h4-9,18H,10,17H2,1-3H3. The van der Waals surface area contributed by atoms with Crippen molar-refractivity contribution in [1.29, 1.82) is 0 Å². The maximum Gasteiger partial charge on any atom is 0.142 e. The Kier molecular flexibility index (Phi) is 3.95. The Morgan fingerprint density at radius 2 is 1.95 bits per heavy atom. The fourth-order valence-corrected chi connectivity index (χ4v) is 2.21. The molecule has 3 heteroatoms. The maximum absolute atomic E-state index is 5.78. The van der Waals surface area contributed by atoms with Crippen LogP contribution in [0.2, 0.25) is 0 Å². The van der Waals surface area contributed by atoms with Gasteiger partial charge in [-0.15, -0.1) is 0 Å². The lowest BCUT2D eigenvalue weighted by atomic mass is 10.1. The van der Waals surface area contributed by atoms with Crippen LogP contribution < -0.4 is 15.8 Å². The summed E-state index contributed by atoms with van der Waals surface area (Å²) in [6.45, 7) is 4.87. The van der Waals surface area contributed by atoms with E-state index in [2.05, 4.69) is 31.3 Å². The fourth-order valence-electron chi connectivity index (χ4n) is 2.21. The van der Waals surface area contributed by atoms with Gasteiger partial charge in [0.25, 0.3) is 0 Å². The molecule has 0 aliphatic heterocycles. The van der Waals surface area contributed by atoms with Crippen LogP contribution in [0.1, 0.15) is 16.7 Å². The van der Waals surface area contributed by atoms with Crippen LogP contribution in [-0.4, -0.2) is 7.11 Å². The van der Waals surface area contributed by atoms with Gasteiger partial charge in [-0.25, -0.2) is 0 Å². The lowest BCUT2D eigenvalue weighted by Crippen LogP contribution is -2.04. The van der Waals surface area contributed by atoms with E-state index >= 15 is 0 Å². The normalized spacial score (nSPS) is 10.3. The molecule has 0 unspecified atom stereocenters. The SMILES string of the molecule is COc1cc(C)cc(C)c1NCc1cccc(N)c1. The third kappa shape index (κ3) is 3.19. The Bertz CT molecular complexity index is 579. The van der Waals surface area contributed by atoms with Crippen LogP contribution in [0.15, 0.2) is 36.4 Å². The molecule has 0 aliphatic carbocycles. The van der Waals surface area contributed by atoms with E-state index in [1.807, 2.05) is 24.3 Å². The fraction of sp³-hybridized carbons (Fsp3) is 0.250. The number of nitrogens with two attached hydrogens (primary N) is 1. The molecule has 0 aliphatic rings. The summed E-state index contributed by atoms with van der Waals surface area (Å²) in [6, 6.07) is 12.1. The predicted octanol–water partition coefficient (Wildman–Crippen LogP) is 3.51. The third-order valence-corrected chi connectivity index (χ3v) is 3.08. The molecule has 0 heterocycles. The van der Waals surface area contributed by atoms with Crippen molar-refractivity contribution < 1.29 is 4.74 Å². The molecule has 0 bridgehead atoms. The zero-order chi connectivity index (χ0) is 13.8. The zero-order valence-corrected chi connectivity index (χ0v) is 11.7. The molecule has 0 saturated carbocycles. The monoisotopic (exact) mass is 256 g/mol. The maximum atomic E-state index is 5.78. The van der Waals surface area contributed by atoms with E-state index in [9.17, 15) is 0 Å². The van der Waals surface area contributed by atoms with Gasteiger partial charge in [-0.3, -0.25) is 0 Å². The van der Waals surface area contributed by atoms with Crippen molar-refractivity contribution in [1.82, 2.24) is 0 Å². The summed E-state index contributed by atoms with van der Waals surface area (Å²) in [4.78, 5) is 0. The first-order valence-electron chi connectivity index (χ1n) is 6.33. The van der Waals surface area contributed by atoms with Crippen molar-refractivity contribution in [3.63, 3.8) is 0 Å². The molecule has 0 spiro atoms. The average Bonchev–Trinajstić information content (AvgIpc) is 2.37. The summed E-state index contributed by atoms with van der Waals surface area (Å²) in [5.74, 6) is 0.876. The highest BCUT2D eigenvalue weighted by Gasteiger charge is 2.07. The smallest absolute Gasteiger partial charge is 0.142 e. The molecule has 2 aromatic carbocycles. The number of nitrogen functional groups attached to an aromatic ring is 1. The summed E-state index contributed by atoms with van der Waals surface area (Å²) >= 11 is 0. The highest BCUT2D eigenvalue weighted by molar-refractivity contribution is 5.63. The quantitative estimate of drug-likeness (QED) is 0.823. The highest BCUT2D eigenvalue weighted by atomic mass is 16.5. The second kappa shape index (κ2) is 5.65. The number of hydrogen-bond donors (Lipinski definition) is 2. The first-order chi connectivity index (χ1) is 9.10. The molecule has 0 radical (unpaired) electrons. The molecule has 19 heavy (non-hydrogen) atoms. The Labute approximate surface area is 114 Å². The second-order valence-electron chi connectivity index (χ2n) is 4.76. The van der Waals surface area contributed by atoms with Crippen molar-refractivity contribution in [3.8, 4) is 5.75 Å². The van der Waals surface area contributed by atoms with Gasteiger partial charge in [0.2, 0.25) is 0 Å². The van der Waals surface area contributed by atoms with E-state index in [1.54, 1.807) is 7.11 Å². The number of hydrogen-bond acceptors (Lipinski definition) is 3. The summed E-state index contributed by atoms with van der Waals surface area (Å²) < 4.78 is 5.43. The van der Waals surface area contributed by atoms with Gasteiger partial charge in [0, 0.05) is 12.2 Å². The zero-order valence-electron chi connectivity index (χ0n) is 11.7. The largest absolute Gasteiger partial charge is 0.495 e. The molecule has 0 atom stereocenters. The van der Waals surface area contributed by atoms with Crippen LogP contribution in [0.4, 0.5) is 11.4 Å². The molecule has 3 N–H and O–H groups in total. The Morgan fingerprint density at radius 3 is 2.63 bits per heavy atom. The number of methoxy groups -OCH3 is 1. The highest BCUT2D eigenvalue weighted by Crippen LogP contribution is 2.30. The van der Waals surface area contributed by atoms with E-state index in [4.69, 9.17) is 10.5 Å². The van der Waals surface area contributed by atoms with Gasteiger partial charge < -0.3 is 15.8 Å². The molecule has 3 nitrogen and oxygen atoms in total. The van der Waals surface area contributed by atoms with Crippen LogP contribution in [0, 0.1) is 13.8 Å². The van der Waals surface area contributed by atoms with Gasteiger partial charge in [-0.1, -0.05) is 18.2 Å². The lowest BCUT2D eigenvalue weighted by Gasteiger charge is -2.15. The van der Waals surface area contributed by atoms with E-state index in [-0.39, 0.29) is 0 Å². The molecule has 0 aromatic heterocycles. The van der Waals surface area contributed by atoms with Crippen molar-refractivity contribution in [2.24, 2.45) is 0 Å². The first-order valence-corrected chi connectivity index (χ1v) is 6.33. The van der Waals surface area contributed by atoms with Crippen LogP contribution in [-0.2, 0) is 6.54 Å². The van der Waals surface area contributed by atoms with E-state index < -0.39 is 0 Å². The summed E-state index contributed by atoms with van der Waals surface area (Å²) in [5, 5.41) is 3.42.